The van der Waals surface area contributed by atoms with E-state index in [2.05, 4.69) is 22.4 Å². The second-order valence-corrected chi connectivity index (χ2v) is 6.32. The van der Waals surface area contributed by atoms with E-state index < -0.39 is 5.54 Å². The average molecular weight is 398 g/mol. The topological polar surface area (TPSA) is 77.2 Å². The molecule has 0 spiro atoms. The lowest BCUT2D eigenvalue weighted by Crippen LogP contribution is -2.57. The summed E-state index contributed by atoms with van der Waals surface area (Å²) in [7, 11) is 0. The number of amides is 1. The van der Waals surface area contributed by atoms with Crippen LogP contribution >= 0.6 is 24.8 Å². The van der Waals surface area contributed by atoms with Gasteiger partial charge in [-0.25, -0.2) is 0 Å². The lowest BCUT2D eigenvalue weighted by Gasteiger charge is -2.33. The molecule has 142 valence electrons. The molecule has 1 amide bonds. The number of nitrogens with one attached hydrogen (secondary N) is 1. The number of benzene rings is 1. The summed E-state index contributed by atoms with van der Waals surface area (Å²) >= 11 is 0. The van der Waals surface area contributed by atoms with Crippen LogP contribution in [0.4, 0.5) is 0 Å². The molecule has 1 saturated heterocycles. The largest absolute Gasteiger partial charge is 0.381 e. The molecule has 2 heterocycles. The van der Waals surface area contributed by atoms with Crippen molar-refractivity contribution in [1.29, 1.82) is 0 Å². The van der Waals surface area contributed by atoms with E-state index in [-0.39, 0.29) is 36.8 Å². The van der Waals surface area contributed by atoms with E-state index in [1.165, 1.54) is 0 Å². The summed E-state index contributed by atoms with van der Waals surface area (Å²) in [6.07, 6.45) is 4.68. The van der Waals surface area contributed by atoms with Crippen molar-refractivity contribution in [2.45, 2.75) is 31.3 Å². The zero-order chi connectivity index (χ0) is 17.0. The smallest absolute Gasteiger partial charge is 0.240 e. The van der Waals surface area contributed by atoms with Crippen molar-refractivity contribution in [2.75, 3.05) is 13.2 Å². The Bertz CT molecular complexity index is 690. The van der Waals surface area contributed by atoms with E-state index in [9.17, 15) is 4.79 Å². The normalized spacial score (nSPS) is 16.5. The molecule has 0 radical (unpaired) electrons. The van der Waals surface area contributed by atoms with Gasteiger partial charge in [0.05, 0.1) is 11.6 Å². The van der Waals surface area contributed by atoms with Crippen molar-refractivity contribution < 1.29 is 9.53 Å². The van der Waals surface area contributed by atoms with Crippen LogP contribution < -0.4 is 11.1 Å². The number of nitrogens with two attached hydrogens (primary N) is 1. The second kappa shape index (κ2) is 9.88. The van der Waals surface area contributed by atoms with E-state index in [4.69, 9.17) is 10.5 Å². The van der Waals surface area contributed by atoms with E-state index in [0.29, 0.717) is 26.1 Å². The highest BCUT2D eigenvalue weighted by atomic mass is 35.5. The maximum atomic E-state index is 12.5. The van der Waals surface area contributed by atoms with Gasteiger partial charge in [0, 0.05) is 25.6 Å². The predicted molar refractivity (Wildman–Crippen MR) is 108 cm³/mol. The lowest BCUT2D eigenvalue weighted by atomic mass is 9.90. The molecule has 1 atom stereocenters. The third-order valence-corrected chi connectivity index (χ3v) is 4.61. The zero-order valence-corrected chi connectivity index (χ0v) is 16.3. The summed E-state index contributed by atoms with van der Waals surface area (Å²) in [6.45, 7) is 3.06. The Labute approximate surface area is 166 Å². The van der Waals surface area contributed by atoms with Crippen LogP contribution in [0, 0.1) is 0 Å². The molecular formula is C19H25Cl2N3O2. The molecule has 2 aromatic rings. The molecule has 5 nitrogen and oxygen atoms in total. The molecular weight excluding hydrogens is 373 g/mol. The number of aromatic nitrogens is 1. The number of pyridine rings is 1. The van der Waals surface area contributed by atoms with Gasteiger partial charge >= 0.3 is 0 Å². The minimum absolute atomic E-state index is 0. The van der Waals surface area contributed by atoms with Crippen molar-refractivity contribution >= 4 is 30.7 Å². The van der Waals surface area contributed by atoms with Crippen molar-refractivity contribution in [3.05, 3.63) is 54.4 Å². The van der Waals surface area contributed by atoms with Gasteiger partial charge in [0.15, 0.2) is 0 Å². The Morgan fingerprint density at radius 1 is 1.08 bits per heavy atom. The predicted octanol–water partition coefficient (Wildman–Crippen LogP) is 3.28. The van der Waals surface area contributed by atoms with E-state index in [1.807, 2.05) is 31.2 Å². The van der Waals surface area contributed by atoms with Gasteiger partial charge in [-0.3, -0.25) is 9.78 Å². The van der Waals surface area contributed by atoms with Gasteiger partial charge in [0.25, 0.3) is 0 Å². The van der Waals surface area contributed by atoms with Crippen LogP contribution in [0.1, 0.15) is 31.4 Å². The average Bonchev–Trinajstić information content (AvgIpc) is 2.63. The number of carbonyl (C=O) groups excluding carboxylic acids is 1. The number of hydrogen-bond acceptors (Lipinski definition) is 4. The van der Waals surface area contributed by atoms with Crippen LogP contribution in [0.2, 0.25) is 0 Å². The fourth-order valence-corrected chi connectivity index (χ4v) is 2.90. The van der Waals surface area contributed by atoms with E-state index in [1.54, 1.807) is 12.4 Å². The van der Waals surface area contributed by atoms with Crippen LogP contribution in [-0.4, -0.2) is 29.6 Å². The summed E-state index contributed by atoms with van der Waals surface area (Å²) in [5.41, 5.74) is 8.71. The summed E-state index contributed by atoms with van der Waals surface area (Å²) in [4.78, 5) is 16.5. The van der Waals surface area contributed by atoms with Gasteiger partial charge < -0.3 is 15.8 Å². The monoisotopic (exact) mass is 397 g/mol. The van der Waals surface area contributed by atoms with Crippen LogP contribution in [-0.2, 0) is 9.53 Å². The first-order chi connectivity index (χ1) is 11.6. The third-order valence-electron chi connectivity index (χ3n) is 4.61. The van der Waals surface area contributed by atoms with Gasteiger partial charge in [-0.2, -0.15) is 0 Å². The Morgan fingerprint density at radius 2 is 1.62 bits per heavy atom. The quantitative estimate of drug-likeness (QED) is 0.829. The zero-order valence-electron chi connectivity index (χ0n) is 14.7. The fraction of sp³-hybridized carbons (Fsp3) is 0.368. The van der Waals surface area contributed by atoms with E-state index in [0.717, 1.165) is 16.7 Å². The summed E-state index contributed by atoms with van der Waals surface area (Å²) in [5.74, 6) is -0.100. The van der Waals surface area contributed by atoms with Crippen LogP contribution in [0.3, 0.4) is 0 Å². The Kier molecular flexibility index (Phi) is 8.50. The first-order valence-electron chi connectivity index (χ1n) is 8.26. The first-order valence-corrected chi connectivity index (χ1v) is 8.26. The van der Waals surface area contributed by atoms with Crippen molar-refractivity contribution in [1.82, 2.24) is 10.3 Å². The third kappa shape index (κ3) is 5.17. The van der Waals surface area contributed by atoms with Gasteiger partial charge in [-0.05, 0) is 48.6 Å². The lowest BCUT2D eigenvalue weighted by molar-refractivity contribution is -0.130. The molecule has 1 unspecified atom stereocenters. The molecule has 1 aliphatic rings. The number of nitrogens with zero attached hydrogens (tertiary/aromatic N) is 1. The number of halogens is 2. The SMILES string of the molecule is CC(NC(=O)C1(N)CCOCC1)c1ccc(-c2ccncc2)cc1.Cl.Cl. The summed E-state index contributed by atoms with van der Waals surface area (Å²) in [5, 5.41) is 3.04. The molecule has 1 fully saturated rings. The maximum absolute atomic E-state index is 12.5. The Hall–Kier alpha value is -1.66. The molecule has 0 aliphatic carbocycles. The van der Waals surface area contributed by atoms with Crippen molar-refractivity contribution in [3.8, 4) is 11.1 Å². The number of carbonyl (C=O) groups is 1. The van der Waals surface area contributed by atoms with Gasteiger partial charge in [0.1, 0.15) is 0 Å². The number of rotatable bonds is 4. The highest BCUT2D eigenvalue weighted by molar-refractivity contribution is 5.86. The maximum Gasteiger partial charge on any atom is 0.240 e. The molecule has 1 aromatic heterocycles. The van der Waals surface area contributed by atoms with Gasteiger partial charge in [-0.1, -0.05) is 24.3 Å². The van der Waals surface area contributed by atoms with Crippen molar-refractivity contribution in [2.24, 2.45) is 5.73 Å². The number of ether oxygens (including phenoxy) is 1. The van der Waals surface area contributed by atoms with Crippen LogP contribution in [0.15, 0.2) is 48.8 Å². The molecule has 0 bridgehead atoms. The minimum atomic E-state index is -0.816. The summed E-state index contributed by atoms with van der Waals surface area (Å²) < 4.78 is 5.30. The second-order valence-electron chi connectivity index (χ2n) is 6.32. The first kappa shape index (κ1) is 22.4. The van der Waals surface area contributed by atoms with E-state index >= 15 is 0 Å². The van der Waals surface area contributed by atoms with Gasteiger partial charge in [0.2, 0.25) is 5.91 Å². The van der Waals surface area contributed by atoms with Crippen LogP contribution in [0.5, 0.6) is 0 Å². The highest BCUT2D eigenvalue weighted by Gasteiger charge is 2.36. The minimum Gasteiger partial charge on any atom is -0.381 e. The van der Waals surface area contributed by atoms with Gasteiger partial charge in [-0.15, -0.1) is 24.8 Å². The molecule has 1 aliphatic heterocycles. The molecule has 3 N–H and O–H groups in total. The molecule has 3 rings (SSSR count). The molecule has 7 heteroatoms. The fourth-order valence-electron chi connectivity index (χ4n) is 2.90. The number of hydrogen-bond donors (Lipinski definition) is 2. The molecule has 26 heavy (non-hydrogen) atoms. The summed E-state index contributed by atoms with van der Waals surface area (Å²) in [6, 6.07) is 12.0. The molecule has 1 aromatic carbocycles. The van der Waals surface area contributed by atoms with Crippen LogP contribution in [0.25, 0.3) is 11.1 Å². The Balaban J connectivity index is 0.00000169. The standard InChI is InChI=1S/C19H23N3O2.2ClH/c1-14(22-18(23)19(20)8-12-24-13-9-19)15-2-4-16(5-3-15)17-6-10-21-11-7-17;;/h2-7,10-11,14H,8-9,12-13,20H2,1H3,(H,22,23);2*1H. The van der Waals surface area contributed by atoms with Crippen molar-refractivity contribution in [3.63, 3.8) is 0 Å². The Morgan fingerprint density at radius 3 is 2.19 bits per heavy atom. The highest BCUT2D eigenvalue weighted by Crippen LogP contribution is 2.23. The molecule has 0 saturated carbocycles.